The minimum absolute atomic E-state index is 0.0910. The van der Waals surface area contributed by atoms with Gasteiger partial charge in [-0.25, -0.2) is 0 Å². The van der Waals surface area contributed by atoms with Crippen LogP contribution < -0.4 is 0 Å². The first-order chi connectivity index (χ1) is 30.7. The monoisotopic (exact) mass is 987 g/mol. The SMILES string of the molecule is CC(=O)CCCCCCCCCCS.CC(=O)CCCCCS.CC(=O)c1ccc(S)cc1.CCC(C)O.CCCCCCCO.CCCCCCO.CCCCO.OCCCCS. The van der Waals surface area contributed by atoms with E-state index in [9.17, 15) is 14.4 Å². The summed E-state index contributed by atoms with van der Waals surface area (Å²) in [7, 11) is 0. The van der Waals surface area contributed by atoms with Crippen LogP contribution in [0.4, 0.5) is 0 Å². The minimum Gasteiger partial charge on any atom is -0.396 e. The second-order valence-corrected chi connectivity index (χ2v) is 17.6. The topological polar surface area (TPSA) is 152 Å². The molecule has 1 aromatic carbocycles. The lowest BCUT2D eigenvalue weighted by Crippen LogP contribution is -1.93. The van der Waals surface area contributed by atoms with Crippen LogP contribution in [0.2, 0.25) is 0 Å². The van der Waals surface area contributed by atoms with Crippen LogP contribution in [0.5, 0.6) is 0 Å². The summed E-state index contributed by atoms with van der Waals surface area (Å²) in [6.07, 6.45) is 30.5. The van der Waals surface area contributed by atoms with Gasteiger partial charge in [0.25, 0.3) is 0 Å². The highest BCUT2D eigenvalue weighted by Crippen LogP contribution is 2.10. The Hall–Kier alpha value is -0.570. The van der Waals surface area contributed by atoms with Gasteiger partial charge in [0.15, 0.2) is 5.78 Å². The molecule has 386 valence electrons. The van der Waals surface area contributed by atoms with Gasteiger partial charge in [0, 0.05) is 49.7 Å². The number of thiol groups is 4. The van der Waals surface area contributed by atoms with Crippen molar-refractivity contribution in [2.24, 2.45) is 0 Å². The van der Waals surface area contributed by atoms with Gasteiger partial charge in [-0.1, -0.05) is 136 Å². The van der Waals surface area contributed by atoms with Crippen molar-refractivity contribution in [3.05, 3.63) is 29.8 Å². The summed E-state index contributed by atoms with van der Waals surface area (Å²) in [6, 6.07) is 7.15. The number of hydrogen-bond acceptors (Lipinski definition) is 12. The van der Waals surface area contributed by atoms with Crippen molar-refractivity contribution in [2.75, 3.05) is 43.7 Å². The molecular weight excluding hydrogens is 881 g/mol. The first kappa shape index (κ1) is 77.6. The van der Waals surface area contributed by atoms with E-state index >= 15 is 0 Å². The van der Waals surface area contributed by atoms with Gasteiger partial charge in [0.05, 0.1) is 6.10 Å². The van der Waals surface area contributed by atoms with Gasteiger partial charge < -0.3 is 35.1 Å². The van der Waals surface area contributed by atoms with Gasteiger partial charge in [-0.15, -0.1) is 12.6 Å². The van der Waals surface area contributed by atoms with Crippen molar-refractivity contribution in [3.8, 4) is 0 Å². The van der Waals surface area contributed by atoms with Gasteiger partial charge in [-0.3, -0.25) is 4.79 Å². The summed E-state index contributed by atoms with van der Waals surface area (Å²) in [5.41, 5.74) is 0.734. The molecule has 0 bridgehead atoms. The van der Waals surface area contributed by atoms with E-state index in [2.05, 4.69) is 71.3 Å². The summed E-state index contributed by atoms with van der Waals surface area (Å²) in [5, 5.41) is 41.2. The standard InChI is InChI=1S/C12H24OS.C8H8OS.C7H14OS.C7H16O.C6H14O.C4H10OS.2C4H10O/c1-12(13)10-8-6-4-2-3-5-7-9-11-14;1-6(9)7-2-4-8(10)5-3-7;1-7(8)5-3-2-4-6-9;1-2-3-4-5-6-7-8;1-2-3-4-5-6-7;5-3-1-2-4-6;1-3-4(2)5;1-2-3-4-5/h14H,2-11H2,1H3;2-5,10H,1H3;9H,2-6H2,1H3;8H,2-7H2,1H3;7H,2-6H2,1H3;5-6H,1-4H2;4-5H,3H2,1-2H3;5H,2-4H2,1H3. The number of Topliss-reactive ketones (excluding diaryl/α,β-unsaturated/α-hetero) is 3. The highest BCUT2D eigenvalue weighted by Gasteiger charge is 1.96. The van der Waals surface area contributed by atoms with Crippen molar-refractivity contribution >= 4 is 67.9 Å². The smallest absolute Gasteiger partial charge is 0.159 e. The van der Waals surface area contributed by atoms with Crippen LogP contribution in [-0.4, -0.2) is 92.7 Å². The third-order valence-corrected chi connectivity index (χ3v) is 10.1. The number of unbranched alkanes of at least 4 members (excludes halogenated alkanes) is 18. The molecule has 0 spiro atoms. The van der Waals surface area contributed by atoms with Crippen LogP contribution in [-0.2, 0) is 9.59 Å². The van der Waals surface area contributed by atoms with E-state index in [1.807, 2.05) is 6.92 Å². The number of carbonyl (C=O) groups is 3. The van der Waals surface area contributed by atoms with Crippen molar-refractivity contribution in [2.45, 2.75) is 240 Å². The molecule has 0 fully saturated rings. The highest BCUT2D eigenvalue weighted by atomic mass is 32.1. The Balaban J connectivity index is -0.000000119. The predicted molar refractivity (Wildman–Crippen MR) is 294 cm³/mol. The number of aliphatic hydroxyl groups excluding tert-OH is 5. The normalized spacial score (nSPS) is 10.0. The van der Waals surface area contributed by atoms with E-state index in [-0.39, 0.29) is 11.9 Å². The predicted octanol–water partition coefficient (Wildman–Crippen LogP) is 14.0. The van der Waals surface area contributed by atoms with E-state index in [1.54, 1.807) is 52.0 Å². The van der Waals surface area contributed by atoms with Crippen LogP contribution >= 0.6 is 50.5 Å². The zero-order valence-electron chi connectivity index (χ0n) is 42.7. The molecule has 1 unspecified atom stereocenters. The zero-order chi connectivity index (χ0) is 50.3. The van der Waals surface area contributed by atoms with Crippen LogP contribution in [0.25, 0.3) is 0 Å². The van der Waals surface area contributed by atoms with Gasteiger partial charge in [0.1, 0.15) is 11.6 Å². The fourth-order valence-corrected chi connectivity index (χ4v) is 5.36. The molecule has 1 atom stereocenters. The largest absolute Gasteiger partial charge is 0.396 e. The van der Waals surface area contributed by atoms with Crippen molar-refractivity contribution in [1.82, 2.24) is 0 Å². The van der Waals surface area contributed by atoms with Crippen LogP contribution in [0.1, 0.15) is 239 Å². The lowest BCUT2D eigenvalue weighted by atomic mass is 10.1. The molecule has 0 saturated heterocycles. The number of hydrogen-bond donors (Lipinski definition) is 9. The molecule has 0 aliphatic rings. The highest BCUT2D eigenvalue weighted by molar-refractivity contribution is 7.80. The molecule has 5 N–H and O–H groups in total. The summed E-state index contributed by atoms with van der Waals surface area (Å²) in [6.45, 7) is 16.4. The van der Waals surface area contributed by atoms with Crippen molar-refractivity contribution in [1.29, 1.82) is 0 Å². The molecule has 0 heterocycles. The van der Waals surface area contributed by atoms with Gasteiger partial charge in [-0.05, 0) is 121 Å². The number of rotatable bonds is 31. The number of ketones is 3. The van der Waals surface area contributed by atoms with Crippen molar-refractivity contribution < 1.29 is 39.9 Å². The van der Waals surface area contributed by atoms with Gasteiger partial charge >= 0.3 is 0 Å². The fraction of sp³-hybridized carbons (Fsp3) is 0.827. The summed E-state index contributed by atoms with van der Waals surface area (Å²) < 4.78 is 0. The molecule has 0 saturated carbocycles. The van der Waals surface area contributed by atoms with Crippen LogP contribution in [0.15, 0.2) is 29.2 Å². The Labute approximate surface area is 418 Å². The van der Waals surface area contributed by atoms with Gasteiger partial charge in [-0.2, -0.15) is 37.9 Å². The Morgan fingerprint density at radius 1 is 0.453 bits per heavy atom. The van der Waals surface area contributed by atoms with Crippen LogP contribution in [0, 0.1) is 0 Å². The maximum atomic E-state index is 10.7. The first-order valence-electron chi connectivity index (χ1n) is 24.9. The molecule has 1 rings (SSSR count). The lowest BCUT2D eigenvalue weighted by Gasteiger charge is -2.00. The molecule has 12 heteroatoms. The molecule has 1 aromatic rings. The minimum atomic E-state index is -0.116. The maximum absolute atomic E-state index is 10.7. The average molecular weight is 988 g/mol. The van der Waals surface area contributed by atoms with Gasteiger partial charge in [0.2, 0.25) is 0 Å². The summed E-state index contributed by atoms with van der Waals surface area (Å²) >= 11 is 16.3. The third-order valence-electron chi connectivity index (χ3n) is 8.84. The fourth-order valence-electron chi connectivity index (χ4n) is 4.54. The van der Waals surface area contributed by atoms with E-state index in [1.165, 1.54) is 89.9 Å². The van der Waals surface area contributed by atoms with Crippen molar-refractivity contribution in [3.63, 3.8) is 0 Å². The quantitative estimate of drug-likeness (QED) is 0.0203. The number of carbonyl (C=O) groups excluding carboxylic acids is 3. The number of aliphatic hydroxyl groups is 5. The molecule has 0 aliphatic heterocycles. The lowest BCUT2D eigenvalue weighted by molar-refractivity contribution is -0.117. The Bertz CT molecular complexity index is 953. The number of benzene rings is 1. The third kappa shape index (κ3) is 104. The average Bonchev–Trinajstić information content (AvgIpc) is 3.27. The van der Waals surface area contributed by atoms with E-state index in [4.69, 9.17) is 25.5 Å². The molecular formula is C52H106O8S4. The summed E-state index contributed by atoms with van der Waals surface area (Å²) in [4.78, 5) is 32.6. The molecule has 8 nitrogen and oxygen atoms in total. The maximum Gasteiger partial charge on any atom is 0.159 e. The second kappa shape index (κ2) is 76.7. The van der Waals surface area contributed by atoms with Crippen LogP contribution in [0.3, 0.4) is 0 Å². The molecule has 0 radical (unpaired) electrons. The Morgan fingerprint density at radius 2 is 0.719 bits per heavy atom. The molecule has 0 aromatic heterocycles. The zero-order valence-corrected chi connectivity index (χ0v) is 46.3. The van der Waals surface area contributed by atoms with E-state index in [0.717, 1.165) is 111 Å². The Kier molecular flexibility index (Phi) is 93.0. The second-order valence-electron chi connectivity index (χ2n) is 15.8. The molecule has 0 aliphatic carbocycles. The molecule has 0 amide bonds. The summed E-state index contributed by atoms with van der Waals surface area (Å²) in [5.74, 6) is 3.58. The Morgan fingerprint density at radius 3 is 0.984 bits per heavy atom. The molecule has 64 heavy (non-hydrogen) atoms. The van der Waals surface area contributed by atoms with E-state index in [0.29, 0.717) is 38.0 Å². The first-order valence-corrected chi connectivity index (χ1v) is 27.2. The van der Waals surface area contributed by atoms with E-state index < -0.39 is 0 Å².